The number of rotatable bonds is 5. The molecule has 0 aliphatic rings. The van der Waals surface area contributed by atoms with Gasteiger partial charge in [-0.25, -0.2) is 0 Å². The summed E-state index contributed by atoms with van der Waals surface area (Å²) in [6.07, 6.45) is 0. The first-order valence-electron chi connectivity index (χ1n) is 7.86. The molecule has 0 aliphatic carbocycles. The predicted molar refractivity (Wildman–Crippen MR) is 115 cm³/mol. The molecule has 0 spiro atoms. The fourth-order valence-corrected chi connectivity index (χ4v) is 3.46. The van der Waals surface area contributed by atoms with Crippen molar-refractivity contribution in [2.24, 2.45) is 0 Å². The molecule has 0 unspecified atom stereocenters. The van der Waals surface area contributed by atoms with Gasteiger partial charge in [0.05, 0.1) is 25.2 Å². The minimum Gasteiger partial charge on any atom is -0.483 e. The number of ether oxygens (including phenoxy) is 1. The van der Waals surface area contributed by atoms with Crippen LogP contribution in [0.4, 0.5) is 5.69 Å². The van der Waals surface area contributed by atoms with Gasteiger partial charge < -0.3 is 10.1 Å². The molecule has 3 nitrogen and oxygen atoms in total. The molecule has 0 aliphatic heterocycles. The van der Waals surface area contributed by atoms with Gasteiger partial charge in [0.2, 0.25) is 0 Å². The summed E-state index contributed by atoms with van der Waals surface area (Å²) in [4.78, 5) is 12.1. The number of nitrogens with one attached hydrogen (secondary N) is 1. The van der Waals surface area contributed by atoms with Gasteiger partial charge in [-0.3, -0.25) is 4.79 Å². The summed E-state index contributed by atoms with van der Waals surface area (Å²) in [7, 11) is 0. The highest BCUT2D eigenvalue weighted by molar-refractivity contribution is 9.10. The third kappa shape index (κ3) is 5.17. The van der Waals surface area contributed by atoms with Crippen LogP contribution in [0.25, 0.3) is 11.1 Å². The molecule has 7 heteroatoms. The lowest BCUT2D eigenvalue weighted by atomic mass is 10.1. The summed E-state index contributed by atoms with van der Waals surface area (Å²) in [6.45, 7) is -0.181. The summed E-state index contributed by atoms with van der Waals surface area (Å²) in [6, 6.07) is 18.6. The van der Waals surface area contributed by atoms with Crippen LogP contribution in [-0.2, 0) is 4.79 Å². The van der Waals surface area contributed by atoms with Gasteiger partial charge in [0, 0.05) is 0 Å². The van der Waals surface area contributed by atoms with Crippen LogP contribution in [0.2, 0.25) is 15.1 Å². The highest BCUT2D eigenvalue weighted by Gasteiger charge is 2.11. The van der Waals surface area contributed by atoms with Crippen molar-refractivity contribution in [3.63, 3.8) is 0 Å². The van der Waals surface area contributed by atoms with Crippen molar-refractivity contribution >= 4 is 62.3 Å². The van der Waals surface area contributed by atoms with Crippen molar-refractivity contribution in [2.45, 2.75) is 0 Å². The topological polar surface area (TPSA) is 38.3 Å². The summed E-state index contributed by atoms with van der Waals surface area (Å²) in [5.41, 5.74) is 2.51. The van der Waals surface area contributed by atoms with Gasteiger partial charge in [0.1, 0.15) is 5.75 Å². The van der Waals surface area contributed by atoms with E-state index in [1.807, 2.05) is 48.5 Å². The molecule has 0 heterocycles. The largest absolute Gasteiger partial charge is 0.483 e. The van der Waals surface area contributed by atoms with Gasteiger partial charge in [0.15, 0.2) is 6.61 Å². The maximum absolute atomic E-state index is 12.1. The van der Waals surface area contributed by atoms with Crippen LogP contribution in [0, 0.1) is 0 Å². The van der Waals surface area contributed by atoms with Gasteiger partial charge in [-0.05, 0) is 51.3 Å². The normalized spacial score (nSPS) is 10.5. The molecule has 0 atom stereocenters. The Kier molecular flexibility index (Phi) is 6.66. The van der Waals surface area contributed by atoms with Crippen LogP contribution in [0.1, 0.15) is 0 Å². The maximum atomic E-state index is 12.1. The smallest absolute Gasteiger partial charge is 0.262 e. The highest BCUT2D eigenvalue weighted by Crippen LogP contribution is 2.33. The lowest BCUT2D eigenvalue weighted by molar-refractivity contribution is -0.118. The quantitative estimate of drug-likeness (QED) is 0.392. The SMILES string of the molecule is O=C(COc1ccc(-c2ccccc2)cc1Br)Nc1cc(Cl)c(Cl)cc1Cl. The van der Waals surface area contributed by atoms with E-state index >= 15 is 0 Å². The maximum Gasteiger partial charge on any atom is 0.262 e. The molecule has 27 heavy (non-hydrogen) atoms. The second kappa shape index (κ2) is 8.98. The summed E-state index contributed by atoms with van der Waals surface area (Å²) >= 11 is 21.4. The van der Waals surface area contributed by atoms with Crippen LogP contribution >= 0.6 is 50.7 Å². The fourth-order valence-electron chi connectivity index (χ4n) is 2.38. The Morgan fingerprint density at radius 3 is 2.30 bits per heavy atom. The average molecular weight is 486 g/mol. The van der Waals surface area contributed by atoms with Gasteiger partial charge in [-0.15, -0.1) is 0 Å². The molecule has 1 N–H and O–H groups in total. The third-order valence-electron chi connectivity index (χ3n) is 3.68. The number of hydrogen-bond acceptors (Lipinski definition) is 2. The third-order valence-corrected chi connectivity index (χ3v) is 5.34. The number of halogens is 4. The summed E-state index contributed by atoms with van der Waals surface area (Å²) in [5.74, 6) is 0.194. The zero-order chi connectivity index (χ0) is 19.4. The standard InChI is InChI=1S/C20H13BrCl3NO2/c21-14-8-13(12-4-2-1-3-5-12)6-7-19(14)27-11-20(26)25-18-10-16(23)15(22)9-17(18)24/h1-10H,11H2,(H,25,26). The number of carbonyl (C=O) groups excluding carboxylic acids is 1. The Morgan fingerprint density at radius 2 is 1.59 bits per heavy atom. The van der Waals surface area contributed by atoms with E-state index in [9.17, 15) is 4.79 Å². The van der Waals surface area contributed by atoms with Crippen molar-refractivity contribution in [2.75, 3.05) is 11.9 Å². The fraction of sp³-hybridized carbons (Fsp3) is 0.0500. The van der Waals surface area contributed by atoms with Gasteiger partial charge >= 0.3 is 0 Å². The molecule has 0 aromatic heterocycles. The highest BCUT2D eigenvalue weighted by atomic mass is 79.9. The van der Waals surface area contributed by atoms with E-state index in [-0.39, 0.29) is 12.5 Å². The van der Waals surface area contributed by atoms with Crippen molar-refractivity contribution < 1.29 is 9.53 Å². The van der Waals surface area contributed by atoms with Crippen LogP contribution in [-0.4, -0.2) is 12.5 Å². The van der Waals surface area contributed by atoms with Crippen LogP contribution in [0.5, 0.6) is 5.75 Å². The molecular weight excluding hydrogens is 472 g/mol. The Hall–Kier alpha value is -1.72. The first kappa shape index (κ1) is 20.0. The zero-order valence-electron chi connectivity index (χ0n) is 13.8. The Balaban J connectivity index is 1.65. The van der Waals surface area contributed by atoms with Crippen molar-refractivity contribution in [3.8, 4) is 16.9 Å². The van der Waals surface area contributed by atoms with Crippen molar-refractivity contribution in [1.29, 1.82) is 0 Å². The molecule has 3 rings (SSSR count). The molecule has 0 radical (unpaired) electrons. The first-order valence-corrected chi connectivity index (χ1v) is 9.79. The monoisotopic (exact) mass is 483 g/mol. The van der Waals surface area contributed by atoms with Crippen molar-refractivity contribution in [3.05, 3.63) is 80.2 Å². The molecular formula is C20H13BrCl3NO2. The number of hydrogen-bond donors (Lipinski definition) is 1. The van der Waals surface area contributed by atoms with E-state index in [4.69, 9.17) is 39.5 Å². The van der Waals surface area contributed by atoms with E-state index in [2.05, 4.69) is 21.2 Å². The predicted octanol–water partition coefficient (Wildman–Crippen LogP) is 7.09. The number of amides is 1. The molecule has 0 bridgehead atoms. The average Bonchev–Trinajstić information content (AvgIpc) is 2.66. The Bertz CT molecular complexity index is 980. The van der Waals surface area contributed by atoms with Crippen LogP contribution < -0.4 is 10.1 Å². The minimum absolute atomic E-state index is 0.181. The number of carbonyl (C=O) groups is 1. The Morgan fingerprint density at radius 1 is 0.889 bits per heavy atom. The molecule has 1 amide bonds. The van der Waals surface area contributed by atoms with E-state index in [0.29, 0.717) is 26.5 Å². The lowest BCUT2D eigenvalue weighted by Crippen LogP contribution is -2.20. The van der Waals surface area contributed by atoms with Crippen molar-refractivity contribution in [1.82, 2.24) is 0 Å². The number of anilines is 1. The number of benzene rings is 3. The molecule has 0 saturated heterocycles. The van der Waals surface area contributed by atoms with E-state index < -0.39 is 0 Å². The molecule has 0 fully saturated rings. The minimum atomic E-state index is -0.366. The van der Waals surface area contributed by atoms with E-state index in [0.717, 1.165) is 15.6 Å². The second-order valence-electron chi connectivity index (χ2n) is 5.59. The molecule has 138 valence electrons. The lowest BCUT2D eigenvalue weighted by Gasteiger charge is -2.11. The molecule has 0 saturated carbocycles. The molecule has 3 aromatic carbocycles. The summed E-state index contributed by atoms with van der Waals surface area (Å²) in [5, 5.41) is 3.57. The molecule has 3 aromatic rings. The summed E-state index contributed by atoms with van der Waals surface area (Å²) < 4.78 is 6.35. The van der Waals surface area contributed by atoms with E-state index in [1.54, 1.807) is 0 Å². The van der Waals surface area contributed by atoms with Crippen LogP contribution in [0.3, 0.4) is 0 Å². The Labute approximate surface area is 180 Å². The van der Waals surface area contributed by atoms with E-state index in [1.165, 1.54) is 12.1 Å². The zero-order valence-corrected chi connectivity index (χ0v) is 17.7. The van der Waals surface area contributed by atoms with Gasteiger partial charge in [-0.1, -0.05) is 71.2 Å². The van der Waals surface area contributed by atoms with Crippen LogP contribution in [0.15, 0.2) is 65.1 Å². The second-order valence-corrected chi connectivity index (χ2v) is 7.67. The van der Waals surface area contributed by atoms with Gasteiger partial charge in [-0.2, -0.15) is 0 Å². The first-order chi connectivity index (χ1) is 12.9. The van der Waals surface area contributed by atoms with Gasteiger partial charge in [0.25, 0.3) is 5.91 Å².